The molecule has 4 rings (SSSR count). The standard InChI is InChI=1S/C18H23N3/c1-2-16-12-15(3-4-17(16)20-8-1)13-21-10-6-18(7-11-21)5-9-19-14-18/h1-4,8,12,19H,5-7,9-11,13-14H2. The van der Waals surface area contributed by atoms with Crippen molar-refractivity contribution in [1.82, 2.24) is 15.2 Å². The van der Waals surface area contributed by atoms with Gasteiger partial charge in [0, 0.05) is 24.7 Å². The second-order valence-electron chi connectivity index (χ2n) is 6.73. The molecule has 0 bridgehead atoms. The third-order valence-corrected chi connectivity index (χ3v) is 5.32. The Labute approximate surface area is 126 Å². The molecule has 0 radical (unpaired) electrons. The number of benzene rings is 1. The van der Waals surface area contributed by atoms with Gasteiger partial charge in [-0.25, -0.2) is 0 Å². The first-order valence-corrected chi connectivity index (χ1v) is 8.10. The van der Waals surface area contributed by atoms with Gasteiger partial charge in [0.2, 0.25) is 0 Å². The molecular formula is C18H23N3. The Morgan fingerprint density at radius 1 is 1.14 bits per heavy atom. The van der Waals surface area contributed by atoms with Crippen LogP contribution in [0.4, 0.5) is 0 Å². The number of rotatable bonds is 2. The number of nitrogens with one attached hydrogen (secondary N) is 1. The Hall–Kier alpha value is -1.45. The summed E-state index contributed by atoms with van der Waals surface area (Å²) >= 11 is 0. The molecule has 0 unspecified atom stereocenters. The highest BCUT2D eigenvalue weighted by molar-refractivity contribution is 5.78. The molecule has 0 saturated carbocycles. The predicted octanol–water partition coefficient (Wildman–Crippen LogP) is 2.81. The number of hydrogen-bond donors (Lipinski definition) is 1. The van der Waals surface area contributed by atoms with E-state index in [9.17, 15) is 0 Å². The van der Waals surface area contributed by atoms with Gasteiger partial charge in [-0.2, -0.15) is 0 Å². The summed E-state index contributed by atoms with van der Waals surface area (Å²) in [6.45, 7) is 6.02. The average molecular weight is 281 g/mol. The Balaban J connectivity index is 1.43. The van der Waals surface area contributed by atoms with Crippen LogP contribution < -0.4 is 5.32 Å². The number of piperidine rings is 1. The molecule has 1 N–H and O–H groups in total. The molecule has 2 saturated heterocycles. The van der Waals surface area contributed by atoms with Crippen molar-refractivity contribution in [2.24, 2.45) is 5.41 Å². The lowest BCUT2D eigenvalue weighted by Crippen LogP contribution is -2.40. The van der Waals surface area contributed by atoms with E-state index < -0.39 is 0 Å². The summed E-state index contributed by atoms with van der Waals surface area (Å²) in [5, 5.41) is 4.80. The molecule has 3 heterocycles. The first-order chi connectivity index (χ1) is 10.3. The number of nitrogens with zero attached hydrogens (tertiary/aromatic N) is 2. The quantitative estimate of drug-likeness (QED) is 0.917. The fourth-order valence-corrected chi connectivity index (χ4v) is 3.89. The third kappa shape index (κ3) is 2.68. The van der Waals surface area contributed by atoms with E-state index in [2.05, 4.69) is 39.5 Å². The van der Waals surface area contributed by atoms with E-state index in [0.717, 1.165) is 12.1 Å². The van der Waals surface area contributed by atoms with Crippen LogP contribution in [-0.4, -0.2) is 36.1 Å². The molecule has 3 heteroatoms. The summed E-state index contributed by atoms with van der Waals surface area (Å²) in [6.07, 6.45) is 5.95. The molecule has 2 aliphatic heterocycles. The van der Waals surface area contributed by atoms with Crippen LogP contribution in [0.5, 0.6) is 0 Å². The minimum absolute atomic E-state index is 0.615. The fraction of sp³-hybridized carbons (Fsp3) is 0.500. The van der Waals surface area contributed by atoms with Crippen molar-refractivity contribution in [1.29, 1.82) is 0 Å². The van der Waals surface area contributed by atoms with Crippen molar-refractivity contribution in [3.63, 3.8) is 0 Å². The van der Waals surface area contributed by atoms with Crippen molar-refractivity contribution < 1.29 is 0 Å². The number of aromatic nitrogens is 1. The molecule has 2 aromatic rings. The van der Waals surface area contributed by atoms with Crippen molar-refractivity contribution in [2.45, 2.75) is 25.8 Å². The van der Waals surface area contributed by atoms with E-state index in [1.165, 1.54) is 56.4 Å². The predicted molar refractivity (Wildman–Crippen MR) is 86.2 cm³/mol. The Morgan fingerprint density at radius 3 is 2.86 bits per heavy atom. The van der Waals surface area contributed by atoms with Crippen molar-refractivity contribution in [3.8, 4) is 0 Å². The number of hydrogen-bond acceptors (Lipinski definition) is 3. The minimum atomic E-state index is 0.615. The average Bonchev–Trinajstić information content (AvgIpc) is 2.98. The van der Waals surface area contributed by atoms with E-state index in [0.29, 0.717) is 5.41 Å². The van der Waals surface area contributed by atoms with Crippen LogP contribution in [0.15, 0.2) is 36.5 Å². The first kappa shape index (κ1) is 13.2. The second kappa shape index (κ2) is 5.39. The van der Waals surface area contributed by atoms with Crippen LogP contribution in [0.2, 0.25) is 0 Å². The smallest absolute Gasteiger partial charge is 0.0702 e. The van der Waals surface area contributed by atoms with Gasteiger partial charge in [-0.05, 0) is 68.1 Å². The van der Waals surface area contributed by atoms with Gasteiger partial charge in [0.15, 0.2) is 0 Å². The molecule has 21 heavy (non-hydrogen) atoms. The monoisotopic (exact) mass is 281 g/mol. The molecule has 110 valence electrons. The van der Waals surface area contributed by atoms with Gasteiger partial charge in [0.05, 0.1) is 5.52 Å². The highest BCUT2D eigenvalue weighted by atomic mass is 15.1. The molecular weight excluding hydrogens is 258 g/mol. The van der Waals surface area contributed by atoms with Crippen molar-refractivity contribution in [3.05, 3.63) is 42.1 Å². The molecule has 0 atom stereocenters. The summed E-state index contributed by atoms with van der Waals surface area (Å²) in [4.78, 5) is 7.01. The Morgan fingerprint density at radius 2 is 2.05 bits per heavy atom. The van der Waals surface area contributed by atoms with E-state index in [1.54, 1.807) is 0 Å². The lowest BCUT2D eigenvalue weighted by molar-refractivity contribution is 0.114. The first-order valence-electron chi connectivity index (χ1n) is 8.10. The van der Waals surface area contributed by atoms with Crippen LogP contribution in [0, 0.1) is 5.41 Å². The van der Waals surface area contributed by atoms with E-state index in [4.69, 9.17) is 0 Å². The molecule has 1 spiro atoms. The van der Waals surface area contributed by atoms with Crippen LogP contribution in [0.25, 0.3) is 10.9 Å². The summed E-state index contributed by atoms with van der Waals surface area (Å²) < 4.78 is 0. The van der Waals surface area contributed by atoms with Gasteiger partial charge in [-0.3, -0.25) is 9.88 Å². The molecule has 0 amide bonds. The molecule has 2 fully saturated rings. The number of fused-ring (bicyclic) bond motifs is 1. The Bertz CT molecular complexity index is 621. The minimum Gasteiger partial charge on any atom is -0.316 e. The van der Waals surface area contributed by atoms with Crippen molar-refractivity contribution >= 4 is 10.9 Å². The van der Waals surface area contributed by atoms with Gasteiger partial charge < -0.3 is 5.32 Å². The molecule has 3 nitrogen and oxygen atoms in total. The zero-order valence-corrected chi connectivity index (χ0v) is 12.5. The van der Waals surface area contributed by atoms with Crippen LogP contribution in [0.1, 0.15) is 24.8 Å². The summed E-state index contributed by atoms with van der Waals surface area (Å²) in [6, 6.07) is 10.8. The van der Waals surface area contributed by atoms with Gasteiger partial charge in [-0.15, -0.1) is 0 Å². The van der Waals surface area contributed by atoms with E-state index in [1.807, 2.05) is 12.3 Å². The third-order valence-electron chi connectivity index (χ3n) is 5.32. The van der Waals surface area contributed by atoms with E-state index >= 15 is 0 Å². The summed E-state index contributed by atoms with van der Waals surface area (Å²) in [5.74, 6) is 0. The van der Waals surface area contributed by atoms with Gasteiger partial charge in [-0.1, -0.05) is 12.1 Å². The van der Waals surface area contributed by atoms with Crippen LogP contribution in [-0.2, 0) is 6.54 Å². The zero-order valence-electron chi connectivity index (χ0n) is 12.5. The maximum absolute atomic E-state index is 4.40. The molecule has 0 aliphatic carbocycles. The van der Waals surface area contributed by atoms with Gasteiger partial charge in [0.25, 0.3) is 0 Å². The maximum Gasteiger partial charge on any atom is 0.0702 e. The second-order valence-corrected chi connectivity index (χ2v) is 6.73. The number of likely N-dealkylation sites (tertiary alicyclic amines) is 1. The number of pyridine rings is 1. The molecule has 2 aliphatic rings. The SMILES string of the molecule is c1cnc2ccc(CN3CCC4(CCNC4)CC3)cc2c1. The maximum atomic E-state index is 4.40. The topological polar surface area (TPSA) is 28.2 Å². The lowest BCUT2D eigenvalue weighted by atomic mass is 9.78. The normalized spacial score (nSPS) is 22.1. The highest BCUT2D eigenvalue weighted by Crippen LogP contribution is 2.37. The van der Waals surface area contributed by atoms with Crippen molar-refractivity contribution in [2.75, 3.05) is 26.2 Å². The van der Waals surface area contributed by atoms with Crippen LogP contribution in [0.3, 0.4) is 0 Å². The summed E-state index contributed by atoms with van der Waals surface area (Å²) in [7, 11) is 0. The molecule has 1 aromatic heterocycles. The highest BCUT2D eigenvalue weighted by Gasteiger charge is 2.36. The fourth-order valence-electron chi connectivity index (χ4n) is 3.89. The zero-order chi connectivity index (χ0) is 14.1. The molecule has 1 aromatic carbocycles. The lowest BCUT2D eigenvalue weighted by Gasteiger charge is -2.39. The summed E-state index contributed by atoms with van der Waals surface area (Å²) in [5.41, 5.74) is 3.12. The van der Waals surface area contributed by atoms with Crippen LogP contribution >= 0.6 is 0 Å². The van der Waals surface area contributed by atoms with E-state index in [-0.39, 0.29) is 0 Å². The van der Waals surface area contributed by atoms with Gasteiger partial charge >= 0.3 is 0 Å². The van der Waals surface area contributed by atoms with Gasteiger partial charge in [0.1, 0.15) is 0 Å². The Kier molecular flexibility index (Phi) is 3.40. The largest absolute Gasteiger partial charge is 0.316 e.